The molecule has 1 aliphatic heterocycles. The van der Waals surface area contributed by atoms with Crippen molar-refractivity contribution in [2.75, 3.05) is 18.4 Å². The molecule has 2 aromatic rings. The zero-order valence-corrected chi connectivity index (χ0v) is 17.0. The lowest BCUT2D eigenvalue weighted by molar-refractivity contribution is -0.138. The van der Waals surface area contributed by atoms with Gasteiger partial charge in [0.2, 0.25) is 5.91 Å². The molecule has 0 aromatic heterocycles. The van der Waals surface area contributed by atoms with Crippen LogP contribution >= 0.6 is 0 Å². The number of urea groups is 1. The molecule has 0 radical (unpaired) electrons. The first-order chi connectivity index (χ1) is 14.1. The molecule has 0 bridgehead atoms. The molecule has 1 saturated heterocycles. The van der Waals surface area contributed by atoms with Crippen LogP contribution in [0, 0.1) is 12.8 Å². The summed E-state index contributed by atoms with van der Waals surface area (Å²) in [5.41, 5.74) is 3.07. The molecule has 0 spiro atoms. The van der Waals surface area contributed by atoms with Crippen LogP contribution in [0.2, 0.25) is 0 Å². The highest BCUT2D eigenvalue weighted by Crippen LogP contribution is 2.31. The normalized spacial score (nSPS) is 18.9. The molecule has 1 aliphatic carbocycles. The van der Waals surface area contributed by atoms with Gasteiger partial charge in [0.1, 0.15) is 0 Å². The summed E-state index contributed by atoms with van der Waals surface area (Å²) in [6.45, 7) is 3.86. The van der Waals surface area contributed by atoms with Crippen LogP contribution in [0.25, 0.3) is 0 Å². The molecule has 4 rings (SSSR count). The van der Waals surface area contributed by atoms with Gasteiger partial charge in [0.25, 0.3) is 0 Å². The highest BCUT2D eigenvalue weighted by Gasteiger charge is 2.38. The van der Waals surface area contributed by atoms with Gasteiger partial charge in [-0.3, -0.25) is 4.79 Å². The summed E-state index contributed by atoms with van der Waals surface area (Å²) >= 11 is 0. The molecule has 1 N–H and O–H groups in total. The molecule has 2 aromatic carbocycles. The van der Waals surface area contributed by atoms with E-state index in [1.165, 1.54) is 0 Å². The Morgan fingerprint density at radius 1 is 1.07 bits per heavy atom. The number of likely N-dealkylation sites (tertiary alicyclic amines) is 1. The number of amides is 3. The van der Waals surface area contributed by atoms with Gasteiger partial charge >= 0.3 is 6.03 Å². The van der Waals surface area contributed by atoms with Crippen molar-refractivity contribution in [1.29, 1.82) is 0 Å². The van der Waals surface area contributed by atoms with Gasteiger partial charge in [-0.05, 0) is 55.9 Å². The summed E-state index contributed by atoms with van der Waals surface area (Å²) in [4.78, 5) is 29.9. The standard InChI is InChI=1S/C24H29N3O2/c1-18-7-5-11-21(15-18)25-24(29)26-14-6-10-20(17-26)23(28)27(22-12-13-22)16-19-8-3-2-4-9-19/h2-5,7-9,11,15,20,22H,6,10,12-14,16-17H2,1H3,(H,25,29). The zero-order valence-electron chi connectivity index (χ0n) is 17.0. The fourth-order valence-corrected chi connectivity index (χ4v) is 4.08. The average Bonchev–Trinajstić information content (AvgIpc) is 3.58. The van der Waals surface area contributed by atoms with Crippen molar-refractivity contribution < 1.29 is 9.59 Å². The van der Waals surface area contributed by atoms with Crippen LogP contribution in [0.1, 0.15) is 36.8 Å². The Labute approximate surface area is 172 Å². The molecular formula is C24H29N3O2. The molecule has 2 aliphatic rings. The van der Waals surface area contributed by atoms with E-state index in [-0.39, 0.29) is 17.9 Å². The van der Waals surface area contributed by atoms with Gasteiger partial charge < -0.3 is 15.1 Å². The summed E-state index contributed by atoms with van der Waals surface area (Å²) in [6, 6.07) is 18.2. The number of hydrogen-bond acceptors (Lipinski definition) is 2. The summed E-state index contributed by atoms with van der Waals surface area (Å²) in [6.07, 6.45) is 3.89. The number of nitrogens with one attached hydrogen (secondary N) is 1. The second-order valence-corrected chi connectivity index (χ2v) is 8.27. The molecule has 1 unspecified atom stereocenters. The van der Waals surface area contributed by atoms with E-state index < -0.39 is 0 Å². The third-order valence-corrected chi connectivity index (χ3v) is 5.79. The molecule has 1 heterocycles. The van der Waals surface area contributed by atoms with Crippen LogP contribution in [0.3, 0.4) is 0 Å². The lowest BCUT2D eigenvalue weighted by atomic mass is 9.96. The first-order valence-electron chi connectivity index (χ1n) is 10.6. The minimum Gasteiger partial charge on any atom is -0.335 e. The van der Waals surface area contributed by atoms with Gasteiger partial charge in [0.05, 0.1) is 5.92 Å². The fourth-order valence-electron chi connectivity index (χ4n) is 4.08. The SMILES string of the molecule is Cc1cccc(NC(=O)N2CCCC(C(=O)N(Cc3ccccc3)C3CC3)C2)c1. The summed E-state index contributed by atoms with van der Waals surface area (Å²) < 4.78 is 0. The van der Waals surface area contributed by atoms with Gasteiger partial charge in [-0.25, -0.2) is 4.79 Å². The monoisotopic (exact) mass is 391 g/mol. The van der Waals surface area contributed by atoms with E-state index in [9.17, 15) is 9.59 Å². The van der Waals surface area contributed by atoms with E-state index >= 15 is 0 Å². The fraction of sp³-hybridized carbons (Fsp3) is 0.417. The van der Waals surface area contributed by atoms with Crippen molar-refractivity contribution in [2.24, 2.45) is 5.92 Å². The average molecular weight is 392 g/mol. The third-order valence-electron chi connectivity index (χ3n) is 5.79. The Hall–Kier alpha value is -2.82. The number of piperidine rings is 1. The smallest absolute Gasteiger partial charge is 0.321 e. The van der Waals surface area contributed by atoms with Crippen LogP contribution in [0.15, 0.2) is 54.6 Å². The minimum absolute atomic E-state index is 0.115. The van der Waals surface area contributed by atoms with Gasteiger partial charge in [-0.1, -0.05) is 42.5 Å². The molecule has 3 amide bonds. The number of aryl methyl sites for hydroxylation is 1. The van der Waals surface area contributed by atoms with Gasteiger partial charge in [0, 0.05) is 31.4 Å². The highest BCUT2D eigenvalue weighted by atomic mass is 16.2. The van der Waals surface area contributed by atoms with E-state index in [2.05, 4.69) is 17.4 Å². The van der Waals surface area contributed by atoms with Crippen molar-refractivity contribution in [1.82, 2.24) is 9.80 Å². The summed E-state index contributed by atoms with van der Waals surface area (Å²) in [5.74, 6) is 0.0840. The molecule has 2 fully saturated rings. The maximum Gasteiger partial charge on any atom is 0.321 e. The molecule has 1 atom stereocenters. The third kappa shape index (κ3) is 4.97. The molecular weight excluding hydrogens is 362 g/mol. The zero-order chi connectivity index (χ0) is 20.2. The van der Waals surface area contributed by atoms with E-state index in [4.69, 9.17) is 0 Å². The first kappa shape index (κ1) is 19.5. The van der Waals surface area contributed by atoms with E-state index in [0.717, 1.165) is 42.5 Å². The Kier molecular flexibility index (Phi) is 5.84. The Balaban J connectivity index is 1.40. The van der Waals surface area contributed by atoms with Crippen molar-refractivity contribution in [3.05, 3.63) is 65.7 Å². The molecule has 1 saturated carbocycles. The minimum atomic E-state index is -0.117. The Morgan fingerprint density at radius 3 is 2.59 bits per heavy atom. The highest BCUT2D eigenvalue weighted by molar-refractivity contribution is 5.90. The van der Waals surface area contributed by atoms with Crippen molar-refractivity contribution in [3.8, 4) is 0 Å². The number of carbonyl (C=O) groups excluding carboxylic acids is 2. The lowest BCUT2D eigenvalue weighted by Crippen LogP contribution is -2.48. The number of rotatable bonds is 5. The van der Waals surface area contributed by atoms with Crippen molar-refractivity contribution in [3.63, 3.8) is 0 Å². The predicted molar refractivity (Wildman–Crippen MR) is 115 cm³/mol. The van der Waals surface area contributed by atoms with Crippen LogP contribution in [0.5, 0.6) is 0 Å². The van der Waals surface area contributed by atoms with Crippen molar-refractivity contribution >= 4 is 17.6 Å². The molecule has 5 nitrogen and oxygen atoms in total. The number of hydrogen-bond donors (Lipinski definition) is 1. The number of anilines is 1. The van der Waals surface area contributed by atoms with Crippen LogP contribution in [0.4, 0.5) is 10.5 Å². The van der Waals surface area contributed by atoms with Gasteiger partial charge in [0.15, 0.2) is 0 Å². The maximum atomic E-state index is 13.3. The number of carbonyl (C=O) groups is 2. The summed E-state index contributed by atoms with van der Waals surface area (Å²) in [5, 5.41) is 2.98. The molecule has 5 heteroatoms. The Bertz CT molecular complexity index is 863. The molecule has 152 valence electrons. The van der Waals surface area contributed by atoms with Gasteiger partial charge in [-0.2, -0.15) is 0 Å². The largest absolute Gasteiger partial charge is 0.335 e. The molecule has 29 heavy (non-hydrogen) atoms. The van der Waals surface area contributed by atoms with Crippen molar-refractivity contribution in [2.45, 2.75) is 45.2 Å². The number of benzene rings is 2. The second-order valence-electron chi connectivity index (χ2n) is 8.27. The lowest BCUT2D eigenvalue weighted by Gasteiger charge is -2.35. The second kappa shape index (κ2) is 8.68. The maximum absolute atomic E-state index is 13.3. The van der Waals surface area contributed by atoms with E-state index in [0.29, 0.717) is 25.7 Å². The van der Waals surface area contributed by atoms with E-state index in [1.807, 2.05) is 54.3 Å². The quantitative estimate of drug-likeness (QED) is 0.820. The van der Waals surface area contributed by atoms with Gasteiger partial charge in [-0.15, -0.1) is 0 Å². The first-order valence-corrected chi connectivity index (χ1v) is 10.6. The Morgan fingerprint density at radius 2 is 1.86 bits per heavy atom. The number of nitrogens with zero attached hydrogens (tertiary/aromatic N) is 2. The van der Waals surface area contributed by atoms with Crippen LogP contribution in [-0.2, 0) is 11.3 Å². The van der Waals surface area contributed by atoms with E-state index in [1.54, 1.807) is 4.90 Å². The summed E-state index contributed by atoms with van der Waals surface area (Å²) in [7, 11) is 0. The predicted octanol–water partition coefficient (Wildman–Crippen LogP) is 4.43. The van der Waals surface area contributed by atoms with Crippen LogP contribution in [-0.4, -0.2) is 40.9 Å². The topological polar surface area (TPSA) is 52.7 Å². The van der Waals surface area contributed by atoms with Crippen LogP contribution < -0.4 is 5.32 Å².